The third-order valence-corrected chi connectivity index (χ3v) is 16.8. The number of hydrogen-bond acceptors (Lipinski definition) is 2. The first-order valence-electron chi connectivity index (χ1n) is 21.9. The van der Waals surface area contributed by atoms with Crippen molar-refractivity contribution in [1.29, 1.82) is 0 Å². The van der Waals surface area contributed by atoms with Crippen molar-refractivity contribution in [3.05, 3.63) is 181 Å². The van der Waals surface area contributed by atoms with Crippen LogP contribution in [0.4, 0.5) is 0 Å². The molecule has 13 rings (SSSR count). The van der Waals surface area contributed by atoms with E-state index in [0.29, 0.717) is 5.92 Å². The van der Waals surface area contributed by atoms with Crippen molar-refractivity contribution >= 4 is 77.7 Å². The summed E-state index contributed by atoms with van der Waals surface area (Å²) in [7, 11) is -1.87. The molecule has 1 unspecified atom stereocenters. The topological polar surface area (TPSA) is 25.8 Å². The summed E-state index contributed by atoms with van der Waals surface area (Å²) < 4.78 is 17.6. The molecule has 0 saturated carbocycles. The molecule has 62 heavy (non-hydrogen) atoms. The van der Waals surface area contributed by atoms with Gasteiger partial charge < -0.3 is 4.42 Å². The highest BCUT2D eigenvalue weighted by Crippen LogP contribution is 2.53. The number of fused-ring (bicyclic) bond motifs is 19. The number of benzene rings is 7. The van der Waals surface area contributed by atoms with Crippen LogP contribution in [0.2, 0.25) is 19.6 Å². The van der Waals surface area contributed by atoms with Gasteiger partial charge in [-0.05, 0) is 95.8 Å². The van der Waals surface area contributed by atoms with Crippen LogP contribution < -0.4 is 14.3 Å². The number of nitrogens with zero attached hydrogens (tertiary/aromatic N) is 3. The second-order valence-electron chi connectivity index (χ2n) is 18.8. The zero-order valence-electron chi connectivity index (χ0n) is 35.5. The lowest BCUT2D eigenvalue weighted by molar-refractivity contribution is -0.944. The minimum atomic E-state index is -1.87. The minimum Gasteiger partial charge on any atom is -0.455 e. The van der Waals surface area contributed by atoms with E-state index in [4.69, 9.17) is 4.42 Å². The zero-order valence-corrected chi connectivity index (χ0v) is 37.3. The molecule has 6 heterocycles. The van der Waals surface area contributed by atoms with Crippen LogP contribution in [-0.4, -0.2) is 12.6 Å². The van der Waals surface area contributed by atoms with Crippen LogP contribution in [0.25, 0.3) is 92.6 Å². The van der Waals surface area contributed by atoms with Crippen molar-refractivity contribution in [2.45, 2.75) is 45.6 Å². The van der Waals surface area contributed by atoms with Gasteiger partial charge in [0.1, 0.15) is 16.8 Å². The molecule has 1 spiro atoms. The predicted octanol–water partition coefficient (Wildman–Crippen LogP) is 13.1. The van der Waals surface area contributed by atoms with Crippen LogP contribution in [0.3, 0.4) is 0 Å². The Hall–Kier alpha value is -6.60. The molecule has 0 amide bonds. The average Bonchev–Trinajstić information content (AvgIpc) is 4.07. The van der Waals surface area contributed by atoms with Gasteiger partial charge in [0, 0.05) is 42.2 Å². The number of furan rings is 1. The summed E-state index contributed by atoms with van der Waals surface area (Å²) in [6.07, 6.45) is 3.63. The van der Waals surface area contributed by atoms with Crippen molar-refractivity contribution in [1.82, 2.24) is 4.57 Å². The summed E-state index contributed by atoms with van der Waals surface area (Å²) in [6, 6.07) is 58.9. The molecule has 11 aromatic rings. The van der Waals surface area contributed by atoms with E-state index >= 15 is 0 Å². The second-order valence-corrected chi connectivity index (χ2v) is 25.0. The molecule has 2 aliphatic heterocycles. The lowest BCUT2D eigenvalue weighted by Crippen LogP contribution is -2.72. The first kappa shape index (κ1) is 36.1. The van der Waals surface area contributed by atoms with Gasteiger partial charge >= 0.3 is 11.5 Å². The minimum absolute atomic E-state index is 0.531. The Morgan fingerprint density at radius 1 is 0.661 bits per heavy atom. The molecule has 0 bridgehead atoms. The van der Waals surface area contributed by atoms with E-state index in [2.05, 4.69) is 211 Å². The van der Waals surface area contributed by atoms with Gasteiger partial charge in [0.15, 0.2) is 22.8 Å². The first-order valence-corrected chi connectivity index (χ1v) is 26.2. The second kappa shape index (κ2) is 12.7. The molecule has 7 aromatic carbocycles. The number of rotatable bonds is 5. The Morgan fingerprint density at radius 2 is 1.40 bits per heavy atom. The standard InChI is InChI=1S/C56H45N3OSSi/c1-34(2)29-37-31-48-43-30-36(35-15-7-6-8-16-35)23-26-44(43)56(57(48)33-52(37)62(3,4)5)45-27-25-41-39-17-9-13-21-49(39)60-54(41)53(45)55-58(46-19-11-12-20-47(46)59(55)56)38-24-28-51-42(32-38)40-18-10-14-22-50(40)61-51/h6-28,30-34H,29H2,1-5H3/q+2. The predicted molar refractivity (Wildman–Crippen MR) is 260 cm³/mol. The van der Waals surface area contributed by atoms with Crippen molar-refractivity contribution in [3.63, 3.8) is 0 Å². The van der Waals surface area contributed by atoms with Gasteiger partial charge in [0.05, 0.1) is 24.8 Å². The maximum Gasteiger partial charge on any atom is 0.364 e. The van der Waals surface area contributed by atoms with Gasteiger partial charge in [-0.25, -0.2) is 0 Å². The fraction of sp³-hybridized carbons (Fsp3) is 0.143. The molecule has 4 nitrogen and oxygen atoms in total. The number of thiophene rings is 1. The summed E-state index contributed by atoms with van der Waals surface area (Å²) in [5.74, 6) is 1.66. The van der Waals surface area contributed by atoms with Gasteiger partial charge in [-0.2, -0.15) is 4.57 Å². The lowest BCUT2D eigenvalue weighted by atomic mass is 9.87. The van der Waals surface area contributed by atoms with Crippen LogP contribution in [0, 0.1) is 5.92 Å². The quantitative estimate of drug-likeness (QED) is 0.125. The van der Waals surface area contributed by atoms with Crippen LogP contribution in [0.1, 0.15) is 30.5 Å². The van der Waals surface area contributed by atoms with Crippen LogP contribution >= 0.6 is 11.3 Å². The molecule has 0 fully saturated rings. The van der Waals surface area contributed by atoms with Gasteiger partial charge in [-0.3, -0.25) is 0 Å². The van der Waals surface area contributed by atoms with Crippen LogP contribution in [0.5, 0.6) is 0 Å². The molecule has 0 aliphatic carbocycles. The number of pyridine rings is 1. The molecule has 1 atom stereocenters. The lowest BCUT2D eigenvalue weighted by Gasteiger charge is -2.24. The number of para-hydroxylation sites is 3. The molecule has 6 heteroatoms. The van der Waals surface area contributed by atoms with Gasteiger partial charge in [0.2, 0.25) is 5.69 Å². The first-order chi connectivity index (χ1) is 30.2. The Morgan fingerprint density at radius 3 is 2.24 bits per heavy atom. The largest absolute Gasteiger partial charge is 0.455 e. The summed E-state index contributed by atoms with van der Waals surface area (Å²) in [4.78, 5) is 0. The fourth-order valence-corrected chi connectivity index (χ4v) is 13.9. The zero-order chi connectivity index (χ0) is 41.6. The van der Waals surface area contributed by atoms with E-state index in [1.807, 2.05) is 11.3 Å². The maximum atomic E-state index is 7.12. The number of aromatic nitrogens is 3. The van der Waals surface area contributed by atoms with Crippen LogP contribution in [-0.2, 0) is 12.1 Å². The van der Waals surface area contributed by atoms with E-state index in [-0.39, 0.29) is 0 Å². The van der Waals surface area contributed by atoms with Crippen molar-refractivity contribution in [3.8, 4) is 39.5 Å². The van der Waals surface area contributed by atoms with Crippen molar-refractivity contribution < 1.29 is 13.6 Å². The molecule has 0 radical (unpaired) electrons. The van der Waals surface area contributed by atoms with Crippen LogP contribution in [0.15, 0.2) is 168 Å². The third kappa shape index (κ3) is 4.77. The Balaban J connectivity index is 1.23. The summed E-state index contributed by atoms with van der Waals surface area (Å²) >= 11 is 1.87. The molecule has 0 N–H and O–H groups in total. The average molecular weight is 836 g/mol. The third-order valence-electron chi connectivity index (χ3n) is 13.6. The smallest absolute Gasteiger partial charge is 0.364 e. The van der Waals surface area contributed by atoms with E-state index in [1.165, 1.54) is 70.0 Å². The van der Waals surface area contributed by atoms with Crippen molar-refractivity contribution in [2.75, 3.05) is 0 Å². The van der Waals surface area contributed by atoms with E-state index < -0.39 is 13.7 Å². The SMILES string of the molecule is CC(C)Cc1cc2[n+](cc1[Si](C)(C)C)C1(c3ccc(-c4ccccc4)cc3-2)c2ccc3c(oc4ccccc43)c2-c2n(-c3ccc4sc5ccccc5c4c3)c3ccccc3[n+]21. The summed E-state index contributed by atoms with van der Waals surface area (Å²) in [5, 5.41) is 6.37. The van der Waals surface area contributed by atoms with E-state index in [9.17, 15) is 0 Å². The normalized spacial score (nSPS) is 15.5. The number of imidazole rings is 1. The van der Waals surface area contributed by atoms with Crippen molar-refractivity contribution in [2.24, 2.45) is 5.92 Å². The molecular formula is C56H45N3OSSi+2. The Kier molecular flexibility index (Phi) is 7.41. The molecular weight excluding hydrogens is 791 g/mol. The molecule has 298 valence electrons. The van der Waals surface area contributed by atoms with E-state index in [1.54, 1.807) is 0 Å². The number of hydrogen-bond donors (Lipinski definition) is 0. The van der Waals surface area contributed by atoms with Gasteiger partial charge in [0.25, 0.3) is 0 Å². The summed E-state index contributed by atoms with van der Waals surface area (Å²) in [5.41, 5.74) is 14.7. The highest BCUT2D eigenvalue weighted by molar-refractivity contribution is 7.25. The van der Waals surface area contributed by atoms with Gasteiger partial charge in [-0.15, -0.1) is 20.5 Å². The monoisotopic (exact) mass is 835 g/mol. The Labute approximate surface area is 365 Å². The van der Waals surface area contributed by atoms with Gasteiger partial charge in [-0.1, -0.05) is 118 Å². The Bertz CT molecular complexity index is 3700. The van der Waals surface area contributed by atoms with E-state index in [0.717, 1.165) is 51.0 Å². The molecule has 2 aliphatic rings. The molecule has 4 aromatic heterocycles. The highest BCUT2D eigenvalue weighted by atomic mass is 32.1. The summed E-state index contributed by atoms with van der Waals surface area (Å²) in [6.45, 7) is 12.2. The highest BCUT2D eigenvalue weighted by Gasteiger charge is 2.67. The molecule has 0 saturated heterocycles. The fourth-order valence-electron chi connectivity index (χ4n) is 11.1. The maximum absolute atomic E-state index is 7.12.